The van der Waals surface area contributed by atoms with Gasteiger partial charge in [-0.3, -0.25) is 23.6 Å². The smallest absolute Gasteiger partial charge is 0.469 e. The number of alkyl halides is 8. The number of carboxylic acids is 1. The largest absolute Gasteiger partial charge is 0.478 e. The monoisotopic (exact) mass is 1260 g/mol. The predicted molar refractivity (Wildman–Crippen MR) is 274 cm³/mol. The molecule has 7 rings (SSSR count). The summed E-state index contributed by atoms with van der Waals surface area (Å²) in [5.74, 6) is -8.05. The van der Waals surface area contributed by atoms with Crippen LogP contribution in [0.25, 0.3) is 22.0 Å². The van der Waals surface area contributed by atoms with Gasteiger partial charge in [0.15, 0.2) is 21.3 Å². The van der Waals surface area contributed by atoms with E-state index in [1.165, 1.54) is 13.8 Å². The number of phosphoric ester groups is 1. The molecule has 4 heterocycles. The minimum atomic E-state index is -5.35. The van der Waals surface area contributed by atoms with Crippen LogP contribution in [0.4, 0.5) is 60.3 Å². The number of urea groups is 1. The van der Waals surface area contributed by atoms with E-state index in [0.717, 1.165) is 62.7 Å². The van der Waals surface area contributed by atoms with Gasteiger partial charge in [0.1, 0.15) is 46.7 Å². The fraction of sp³-hybridized carbons (Fsp3) is 0.354. The molecule has 3 amide bonds. The molecule has 1 aliphatic carbocycles. The number of nitrogens with zero attached hydrogens (tertiary/aromatic N) is 8. The number of nitrogens with one attached hydrogen (secondary N) is 1. The van der Waals surface area contributed by atoms with E-state index >= 15 is 8.78 Å². The lowest BCUT2D eigenvalue weighted by Gasteiger charge is -2.26. The van der Waals surface area contributed by atoms with Crippen molar-refractivity contribution < 1.29 is 99.1 Å². The van der Waals surface area contributed by atoms with E-state index in [4.69, 9.17) is 11.6 Å². The number of carbonyl (C=O) groups is 3. The zero-order valence-corrected chi connectivity index (χ0v) is 46.7. The summed E-state index contributed by atoms with van der Waals surface area (Å²) in [5.41, 5.74) is -8.09. The van der Waals surface area contributed by atoms with Crippen LogP contribution in [0, 0.1) is 29.4 Å². The van der Waals surface area contributed by atoms with Gasteiger partial charge < -0.3 is 20.2 Å². The highest BCUT2D eigenvalue weighted by atomic mass is 35.5. The van der Waals surface area contributed by atoms with Gasteiger partial charge in [-0.1, -0.05) is 30.5 Å². The molecule has 2 atom stereocenters. The normalized spacial score (nSPS) is 15.1. The Kier molecular flexibility index (Phi) is 17.1. The number of phosphoric acid groups is 1. The maximum Gasteiger partial charge on any atom is 0.469 e. The second-order valence-electron chi connectivity index (χ2n) is 19.4. The van der Waals surface area contributed by atoms with Crippen LogP contribution >= 0.6 is 19.4 Å². The minimum Gasteiger partial charge on any atom is -0.478 e. The minimum absolute atomic E-state index is 0.115. The number of amides is 3. The molecular weight excluding hydrogens is 1220 g/mol. The van der Waals surface area contributed by atoms with Crippen molar-refractivity contribution in [3.63, 3.8) is 0 Å². The molecule has 21 nitrogen and oxygen atoms in total. The van der Waals surface area contributed by atoms with Crippen molar-refractivity contribution in [2.24, 2.45) is 5.92 Å². The van der Waals surface area contributed by atoms with Gasteiger partial charge in [0.05, 0.1) is 46.1 Å². The Morgan fingerprint density at radius 1 is 0.952 bits per heavy atom. The van der Waals surface area contributed by atoms with E-state index in [1.807, 2.05) is 0 Å². The van der Waals surface area contributed by atoms with Crippen LogP contribution in [0.5, 0.6) is 0 Å². The average molecular weight is 1260 g/mol. The Morgan fingerprint density at radius 3 is 2.14 bits per heavy atom. The number of sulfonamides is 1. The summed E-state index contributed by atoms with van der Waals surface area (Å²) >= 11 is 6.71. The lowest BCUT2D eigenvalue weighted by Crippen LogP contribution is -2.45. The molecular formula is C48H43ClF10N9O12PS2. The first-order chi connectivity index (χ1) is 38.0. The molecule has 446 valence electrons. The van der Waals surface area contributed by atoms with Crippen molar-refractivity contribution in [2.75, 3.05) is 28.8 Å². The first-order valence-corrected chi connectivity index (χ1v) is 29.1. The van der Waals surface area contributed by atoms with Gasteiger partial charge in [0, 0.05) is 53.7 Å². The SMILES string of the molecule is C[C@@H]1Cc2c(C(F)(F)F)nn(CC(=O)N[C@@H](Cc3cc(F)cc(F)c3)c3nc(C#CC(C)(C)S(C)(=O)=O)ccc3-c3ccc(Cl)c4c(N(C(=O)N(C)c5ncc(C(=O)O)cc5COP(=O)(O)O)S(C)(=O)=O)nn(CC(F)(F)F)c34)c2C1(F)F. The van der Waals surface area contributed by atoms with Gasteiger partial charge >= 0.3 is 32.2 Å². The van der Waals surface area contributed by atoms with Crippen LogP contribution in [0.15, 0.2) is 54.7 Å². The fourth-order valence-electron chi connectivity index (χ4n) is 8.68. The molecule has 0 spiro atoms. The Labute approximate surface area is 468 Å². The van der Waals surface area contributed by atoms with Gasteiger partial charge in [-0.05, 0) is 74.6 Å². The van der Waals surface area contributed by atoms with E-state index in [1.54, 1.807) is 0 Å². The van der Waals surface area contributed by atoms with Crippen LogP contribution in [0.2, 0.25) is 5.02 Å². The summed E-state index contributed by atoms with van der Waals surface area (Å²) in [4.78, 5) is 68.2. The van der Waals surface area contributed by atoms with E-state index in [9.17, 15) is 85.8 Å². The van der Waals surface area contributed by atoms with Gasteiger partial charge in [-0.25, -0.2) is 49.7 Å². The number of sulfone groups is 1. The van der Waals surface area contributed by atoms with Crippen LogP contribution in [-0.4, -0.2) is 110 Å². The zero-order chi connectivity index (χ0) is 62.1. The Hall–Kier alpha value is -7.21. The number of hydrogen-bond acceptors (Lipinski definition) is 13. The maximum absolute atomic E-state index is 15.7. The van der Waals surface area contributed by atoms with E-state index in [2.05, 4.69) is 41.8 Å². The molecule has 2 aromatic carbocycles. The lowest BCUT2D eigenvalue weighted by molar-refractivity contribution is -0.143. The molecule has 0 fully saturated rings. The quantitative estimate of drug-likeness (QED) is 0.0404. The number of aromatic nitrogens is 6. The average Bonchev–Trinajstić information content (AvgIpc) is 3.99. The molecule has 83 heavy (non-hydrogen) atoms. The van der Waals surface area contributed by atoms with E-state index in [-0.39, 0.29) is 24.9 Å². The molecule has 0 bridgehead atoms. The zero-order valence-electron chi connectivity index (χ0n) is 43.4. The van der Waals surface area contributed by atoms with Crippen LogP contribution in [0.1, 0.15) is 76.6 Å². The molecule has 4 aromatic heterocycles. The van der Waals surface area contributed by atoms with Gasteiger partial charge in [-0.2, -0.15) is 49.6 Å². The number of hydrogen-bond donors (Lipinski definition) is 4. The standard InChI is InChI=1S/C48H43ClF10N9O12PS2/c1-23-13-32-39(48(57,58)59)63-66(40(32)47(23,55)56)20-35(69)62-34(16-24-14-27(50)18-28(51)15-24)37-30(8-7-29(61-37)11-12-45(2,3)82(5,76)77)31-9-10-33(49)36-38(31)67(22-46(52,53)54)64-42(36)68(83(6,78)79)44(72)65(4)41-26(21-80-81(73,74)75)17-25(19-60-41)43(70)71/h7-10,14-15,17-19,23,34H,13,16,20-22H2,1-6H3,(H,62,69)(H,70,71)(H2,73,74,75)/t23-,34+/m1/s1. The highest BCUT2D eigenvalue weighted by molar-refractivity contribution is 7.93. The topological polar surface area (TPSA) is 286 Å². The molecule has 35 heteroatoms. The molecule has 6 aromatic rings. The van der Waals surface area contributed by atoms with Crippen molar-refractivity contribution >= 4 is 79.7 Å². The third kappa shape index (κ3) is 13.7. The van der Waals surface area contributed by atoms with Crippen LogP contribution in [-0.2, 0) is 78.4 Å². The third-order valence-corrected chi connectivity index (χ3v) is 16.5. The first-order valence-electron chi connectivity index (χ1n) is 23.5. The number of rotatable bonds is 16. The molecule has 1 aliphatic rings. The van der Waals surface area contributed by atoms with Crippen molar-refractivity contribution in [2.45, 2.75) is 82.4 Å². The number of fused-ring (bicyclic) bond motifs is 2. The summed E-state index contributed by atoms with van der Waals surface area (Å²) in [5, 5.41) is 17.8. The number of aromatic carboxylic acids is 1. The van der Waals surface area contributed by atoms with E-state index < -0.39 is 197 Å². The first kappa shape index (κ1) is 63.4. The highest BCUT2D eigenvalue weighted by Gasteiger charge is 2.54. The van der Waals surface area contributed by atoms with Crippen molar-refractivity contribution in [3.05, 3.63) is 116 Å². The van der Waals surface area contributed by atoms with Crippen molar-refractivity contribution in [3.8, 4) is 23.0 Å². The summed E-state index contributed by atoms with van der Waals surface area (Å²) in [6.07, 6.45) is -10.3. The van der Waals surface area contributed by atoms with Gasteiger partial charge in [0.25, 0.3) is 5.92 Å². The molecule has 4 N–H and O–H groups in total. The summed E-state index contributed by atoms with van der Waals surface area (Å²) < 4.78 is 216. The Bertz CT molecular complexity index is 3970. The number of benzene rings is 2. The predicted octanol–water partition coefficient (Wildman–Crippen LogP) is 8.09. The number of carboxylic acid groups (broad SMARTS) is 1. The van der Waals surface area contributed by atoms with Gasteiger partial charge in [0.2, 0.25) is 15.9 Å². The summed E-state index contributed by atoms with van der Waals surface area (Å²) in [7, 11) is -13.7. The fourth-order valence-corrected chi connectivity index (χ4v) is 10.3. The van der Waals surface area contributed by atoms with Crippen LogP contribution in [0.3, 0.4) is 0 Å². The molecule has 0 saturated carbocycles. The second kappa shape index (κ2) is 22.4. The van der Waals surface area contributed by atoms with E-state index in [0.29, 0.717) is 23.4 Å². The Balaban J connectivity index is 1.50. The molecule has 0 unspecified atom stereocenters. The number of pyridine rings is 2. The number of halogens is 11. The molecule has 0 saturated heterocycles. The molecule has 0 aliphatic heterocycles. The summed E-state index contributed by atoms with van der Waals surface area (Å²) in [6, 6.07) is 3.12. The Morgan fingerprint density at radius 2 is 1.58 bits per heavy atom. The number of carbonyl (C=O) groups excluding carboxylic acids is 2. The third-order valence-electron chi connectivity index (χ3n) is 12.8. The van der Waals surface area contributed by atoms with Crippen molar-refractivity contribution in [1.29, 1.82) is 0 Å². The summed E-state index contributed by atoms with van der Waals surface area (Å²) in [6.45, 7) is -1.35. The highest BCUT2D eigenvalue weighted by Crippen LogP contribution is 2.50. The molecule has 0 radical (unpaired) electrons. The second-order valence-corrected chi connectivity index (χ2v) is 25.4. The van der Waals surface area contributed by atoms with Crippen molar-refractivity contribution in [1.82, 2.24) is 34.8 Å². The van der Waals surface area contributed by atoms with Gasteiger partial charge in [-0.15, -0.1) is 0 Å². The maximum atomic E-state index is 15.7. The van der Waals surface area contributed by atoms with Crippen LogP contribution < -0.4 is 14.5 Å². The number of anilines is 2. The lowest BCUT2D eigenvalue weighted by atomic mass is 9.93.